The standard InChI is InChI=1S/2C13H16P.C2H6Si.2ClH.Zr/c2*1-4-10-8-11-6-5-7-13(14(2)3)12(11)9-10;1-3-2;;;/h2*5-9H,4H2,1-3H3;1-2H3;2*1H;/q2*-1;;;;+4/p-2. The SMILES string of the molecule is CCc1cc2c(P(C)C)cccc2[cH-]1.CCc1cc2c(P(C)C)cccc2[cH-]1.C[Si]C.[Cl][Zr+2][Cl]. The van der Waals surface area contributed by atoms with E-state index in [2.05, 4.69) is 114 Å². The van der Waals surface area contributed by atoms with Gasteiger partial charge in [-0.05, 0) is 39.5 Å². The molecule has 6 heteroatoms. The topological polar surface area (TPSA) is 0 Å². The molecule has 0 heterocycles. The molecule has 0 saturated carbocycles. The third kappa shape index (κ3) is 9.92. The van der Waals surface area contributed by atoms with Crippen LogP contribution >= 0.6 is 32.9 Å². The first kappa shape index (κ1) is 32.2. The molecule has 0 fully saturated rings. The summed E-state index contributed by atoms with van der Waals surface area (Å²) < 4.78 is 0. The van der Waals surface area contributed by atoms with Crippen LogP contribution in [0.5, 0.6) is 0 Å². The van der Waals surface area contributed by atoms with Gasteiger partial charge < -0.3 is 0 Å². The molecule has 0 aliphatic heterocycles. The zero-order valence-corrected chi connectivity index (χ0v) is 28.6. The number of aryl methyl sites for hydroxylation is 2. The number of halogens is 2. The Labute approximate surface area is 231 Å². The number of hydrogen-bond acceptors (Lipinski definition) is 0. The van der Waals surface area contributed by atoms with Gasteiger partial charge in [0.2, 0.25) is 0 Å². The molecule has 0 aliphatic carbocycles. The van der Waals surface area contributed by atoms with Crippen molar-refractivity contribution < 1.29 is 20.8 Å². The van der Waals surface area contributed by atoms with E-state index in [0.29, 0.717) is 0 Å². The molecule has 0 saturated heterocycles. The molecule has 0 N–H and O–H groups in total. The van der Waals surface area contributed by atoms with Crippen molar-refractivity contribution in [2.45, 2.75) is 39.8 Å². The Kier molecular flexibility index (Phi) is 16.7. The van der Waals surface area contributed by atoms with Crippen LogP contribution in [0.2, 0.25) is 13.1 Å². The second kappa shape index (κ2) is 17.6. The molecular weight excluding hydrogens is 588 g/mol. The summed E-state index contributed by atoms with van der Waals surface area (Å²) in [5.41, 5.74) is 2.92. The second-order valence-electron chi connectivity index (χ2n) is 8.35. The second-order valence-corrected chi connectivity index (χ2v) is 17.6. The average molecular weight is 627 g/mol. The summed E-state index contributed by atoms with van der Waals surface area (Å²) in [7, 11) is 11.0. The van der Waals surface area contributed by atoms with E-state index >= 15 is 0 Å². The van der Waals surface area contributed by atoms with Crippen LogP contribution in [0.3, 0.4) is 0 Å². The Hall–Kier alpha value is 0.200. The quantitative estimate of drug-likeness (QED) is 0.120. The molecule has 4 aromatic rings. The number of hydrogen-bond donors (Lipinski definition) is 0. The molecule has 34 heavy (non-hydrogen) atoms. The molecular formula is C28H38Cl2P2SiZr. The zero-order valence-electron chi connectivity index (χ0n) is 21.8. The van der Waals surface area contributed by atoms with Gasteiger partial charge in [-0.1, -0.05) is 65.5 Å². The Morgan fingerprint density at radius 3 is 1.32 bits per heavy atom. The molecule has 0 amide bonds. The summed E-state index contributed by atoms with van der Waals surface area (Å²) in [4.78, 5) is 0. The summed E-state index contributed by atoms with van der Waals surface area (Å²) in [5.74, 6) is 0. The van der Waals surface area contributed by atoms with Crippen molar-refractivity contribution in [2.75, 3.05) is 26.7 Å². The van der Waals surface area contributed by atoms with Crippen molar-refractivity contribution in [3.05, 3.63) is 71.8 Å². The molecule has 2 radical (unpaired) electrons. The number of fused-ring (bicyclic) bond motifs is 2. The van der Waals surface area contributed by atoms with Gasteiger partial charge in [0.05, 0.1) is 0 Å². The van der Waals surface area contributed by atoms with E-state index in [0.717, 1.165) is 22.4 Å². The van der Waals surface area contributed by atoms with Crippen LogP contribution in [0, 0.1) is 0 Å². The molecule has 0 unspecified atom stereocenters. The van der Waals surface area contributed by atoms with Crippen molar-refractivity contribution in [1.82, 2.24) is 0 Å². The minimum atomic E-state index is -0.826. The van der Waals surface area contributed by atoms with Gasteiger partial charge in [0, 0.05) is 9.52 Å². The maximum atomic E-state index is 4.93. The minimum absolute atomic E-state index is 0.0130. The van der Waals surface area contributed by atoms with Crippen molar-refractivity contribution in [2.24, 2.45) is 0 Å². The summed E-state index contributed by atoms with van der Waals surface area (Å²) in [6.07, 6.45) is 2.28. The first-order chi connectivity index (χ1) is 16.3. The fraction of sp³-hybridized carbons (Fsp3) is 0.357. The Morgan fingerprint density at radius 2 is 1.06 bits per heavy atom. The van der Waals surface area contributed by atoms with E-state index in [1.807, 2.05) is 0 Å². The first-order valence-electron chi connectivity index (χ1n) is 11.5. The molecule has 4 rings (SSSR count). The third-order valence-electron chi connectivity index (χ3n) is 5.36. The van der Waals surface area contributed by atoms with E-state index in [9.17, 15) is 0 Å². The van der Waals surface area contributed by atoms with Crippen molar-refractivity contribution >= 4 is 74.5 Å². The molecule has 0 bridgehead atoms. The van der Waals surface area contributed by atoms with E-state index in [4.69, 9.17) is 17.0 Å². The van der Waals surface area contributed by atoms with Crippen molar-refractivity contribution in [3.8, 4) is 0 Å². The Bertz CT molecular complexity index is 1010. The molecule has 0 atom stereocenters. The monoisotopic (exact) mass is 624 g/mol. The molecule has 0 spiro atoms. The fourth-order valence-corrected chi connectivity index (χ4v) is 5.87. The zero-order chi connectivity index (χ0) is 25.7. The Morgan fingerprint density at radius 1 is 0.735 bits per heavy atom. The van der Waals surface area contributed by atoms with Crippen LogP contribution in [0.1, 0.15) is 25.0 Å². The van der Waals surface area contributed by atoms with Crippen LogP contribution in [-0.2, 0) is 33.7 Å². The molecule has 0 aliphatic rings. The normalized spacial score (nSPS) is 10.2. The number of benzene rings is 2. The maximum absolute atomic E-state index is 4.93. The predicted octanol–water partition coefficient (Wildman–Crippen LogP) is 9.14. The summed E-state index contributed by atoms with van der Waals surface area (Å²) in [5, 5.41) is 8.85. The molecule has 182 valence electrons. The molecule has 0 aromatic heterocycles. The van der Waals surface area contributed by atoms with Crippen molar-refractivity contribution in [3.63, 3.8) is 0 Å². The third-order valence-corrected chi connectivity index (χ3v) is 8.06. The Balaban J connectivity index is 0.000000277. The van der Waals surface area contributed by atoms with Crippen molar-refractivity contribution in [1.29, 1.82) is 0 Å². The molecule has 0 nitrogen and oxygen atoms in total. The van der Waals surface area contributed by atoms with E-state index in [1.54, 1.807) is 0 Å². The van der Waals surface area contributed by atoms with Gasteiger partial charge in [-0.25, -0.2) is 0 Å². The van der Waals surface area contributed by atoms with Crippen LogP contribution < -0.4 is 10.6 Å². The van der Waals surface area contributed by atoms with Crippen LogP contribution in [0.25, 0.3) is 21.5 Å². The van der Waals surface area contributed by atoms with Crippen LogP contribution in [0.15, 0.2) is 60.7 Å². The summed E-state index contributed by atoms with van der Waals surface area (Å²) >= 11 is -0.826. The van der Waals surface area contributed by atoms with E-state index in [1.165, 1.54) is 43.3 Å². The van der Waals surface area contributed by atoms with Gasteiger partial charge >= 0.3 is 37.9 Å². The van der Waals surface area contributed by atoms with Crippen LogP contribution in [0.4, 0.5) is 0 Å². The average Bonchev–Trinajstić information content (AvgIpc) is 3.43. The predicted molar refractivity (Wildman–Crippen MR) is 164 cm³/mol. The van der Waals surface area contributed by atoms with Gasteiger partial charge in [0.25, 0.3) is 0 Å². The van der Waals surface area contributed by atoms with Gasteiger partial charge in [0.15, 0.2) is 0 Å². The summed E-state index contributed by atoms with van der Waals surface area (Å²) in [6, 6.07) is 22.7. The van der Waals surface area contributed by atoms with Gasteiger partial charge in [-0.2, -0.15) is 12.1 Å². The van der Waals surface area contributed by atoms with E-state index in [-0.39, 0.29) is 15.8 Å². The van der Waals surface area contributed by atoms with Gasteiger partial charge in [0.1, 0.15) is 0 Å². The first-order valence-corrected chi connectivity index (χ1v) is 24.3. The van der Waals surface area contributed by atoms with Gasteiger partial charge in [-0.3, -0.25) is 0 Å². The molecule has 4 aromatic carbocycles. The van der Waals surface area contributed by atoms with E-state index < -0.39 is 20.8 Å². The van der Waals surface area contributed by atoms with Crippen LogP contribution in [-0.4, -0.2) is 36.2 Å². The summed E-state index contributed by atoms with van der Waals surface area (Å²) in [6.45, 7) is 18.0. The fourth-order valence-electron chi connectivity index (χ4n) is 3.75. The number of rotatable bonds is 4. The van der Waals surface area contributed by atoms with Gasteiger partial charge in [-0.15, -0.1) is 69.1 Å².